The first-order chi connectivity index (χ1) is 9.72. The van der Waals surface area contributed by atoms with Crippen molar-refractivity contribution >= 4 is 39.6 Å². The SMILES string of the molecule is O=C1SC(c2ccccc2)=N/C1=C/c1ccc(Cl)cc1. The van der Waals surface area contributed by atoms with Gasteiger partial charge in [-0.2, -0.15) is 0 Å². The molecule has 0 atom stereocenters. The molecule has 0 aromatic heterocycles. The molecule has 1 aliphatic heterocycles. The average molecular weight is 300 g/mol. The average Bonchev–Trinajstić information content (AvgIpc) is 2.84. The van der Waals surface area contributed by atoms with E-state index in [-0.39, 0.29) is 5.12 Å². The second-order valence-corrected chi connectivity index (χ2v) is 5.65. The van der Waals surface area contributed by atoms with Crippen LogP contribution in [0.1, 0.15) is 11.1 Å². The molecule has 0 radical (unpaired) electrons. The molecule has 0 bridgehead atoms. The largest absolute Gasteiger partial charge is 0.279 e. The van der Waals surface area contributed by atoms with E-state index in [1.807, 2.05) is 42.5 Å². The monoisotopic (exact) mass is 299 g/mol. The maximum absolute atomic E-state index is 12.0. The van der Waals surface area contributed by atoms with Crippen LogP contribution in [0.3, 0.4) is 0 Å². The first-order valence-electron chi connectivity index (χ1n) is 6.06. The molecule has 0 amide bonds. The van der Waals surface area contributed by atoms with Crippen molar-refractivity contribution in [2.45, 2.75) is 0 Å². The number of carbonyl (C=O) groups excluding carboxylic acids is 1. The van der Waals surface area contributed by atoms with E-state index in [1.54, 1.807) is 18.2 Å². The van der Waals surface area contributed by atoms with Gasteiger partial charge in [-0.15, -0.1) is 0 Å². The van der Waals surface area contributed by atoms with E-state index in [0.717, 1.165) is 16.2 Å². The van der Waals surface area contributed by atoms with Crippen LogP contribution < -0.4 is 0 Å². The molecule has 2 nitrogen and oxygen atoms in total. The maximum Gasteiger partial charge on any atom is 0.244 e. The first kappa shape index (κ1) is 13.2. The molecule has 0 saturated carbocycles. The molecule has 0 spiro atoms. The lowest BCUT2D eigenvalue weighted by molar-refractivity contribution is -0.107. The van der Waals surface area contributed by atoms with Gasteiger partial charge in [-0.05, 0) is 35.5 Å². The Bertz CT molecular complexity index is 705. The third kappa shape index (κ3) is 2.84. The van der Waals surface area contributed by atoms with Crippen LogP contribution in [0.25, 0.3) is 6.08 Å². The number of carbonyl (C=O) groups is 1. The van der Waals surface area contributed by atoms with Crippen molar-refractivity contribution in [2.75, 3.05) is 0 Å². The Morgan fingerprint density at radius 2 is 1.70 bits per heavy atom. The second kappa shape index (κ2) is 5.65. The minimum absolute atomic E-state index is 0.0289. The molecule has 2 aromatic carbocycles. The molecule has 3 rings (SSSR count). The van der Waals surface area contributed by atoms with E-state index in [9.17, 15) is 4.79 Å². The van der Waals surface area contributed by atoms with E-state index in [0.29, 0.717) is 10.7 Å². The minimum atomic E-state index is -0.0289. The molecule has 0 N–H and O–H groups in total. The summed E-state index contributed by atoms with van der Waals surface area (Å²) in [5, 5.41) is 1.39. The van der Waals surface area contributed by atoms with Gasteiger partial charge in [0, 0.05) is 10.6 Å². The summed E-state index contributed by atoms with van der Waals surface area (Å²) in [6.07, 6.45) is 1.78. The van der Waals surface area contributed by atoms with Gasteiger partial charge in [0.15, 0.2) is 0 Å². The summed E-state index contributed by atoms with van der Waals surface area (Å²) in [4.78, 5) is 16.4. The van der Waals surface area contributed by atoms with Gasteiger partial charge in [-0.25, -0.2) is 4.99 Å². The van der Waals surface area contributed by atoms with Crippen molar-refractivity contribution in [2.24, 2.45) is 4.99 Å². The first-order valence-corrected chi connectivity index (χ1v) is 7.25. The Morgan fingerprint density at radius 1 is 1.00 bits per heavy atom. The summed E-state index contributed by atoms with van der Waals surface area (Å²) in [5.41, 5.74) is 2.35. The molecule has 20 heavy (non-hydrogen) atoms. The van der Waals surface area contributed by atoms with Crippen molar-refractivity contribution in [1.82, 2.24) is 0 Å². The molecule has 0 unspecified atom stereocenters. The Hall–Kier alpha value is -1.84. The van der Waals surface area contributed by atoms with E-state index >= 15 is 0 Å². The predicted molar refractivity (Wildman–Crippen MR) is 85.0 cm³/mol. The smallest absolute Gasteiger partial charge is 0.244 e. The highest BCUT2D eigenvalue weighted by Gasteiger charge is 2.22. The standard InChI is InChI=1S/C16H10ClNOS/c17-13-8-6-11(7-9-13)10-14-16(19)20-15(18-14)12-4-2-1-3-5-12/h1-10H/b14-10+. The van der Waals surface area contributed by atoms with Crippen molar-refractivity contribution in [3.8, 4) is 0 Å². The van der Waals surface area contributed by atoms with Crippen LogP contribution in [0.4, 0.5) is 0 Å². The lowest BCUT2D eigenvalue weighted by Crippen LogP contribution is -1.91. The molecule has 2 aromatic rings. The number of thioether (sulfide) groups is 1. The number of benzene rings is 2. The fraction of sp³-hybridized carbons (Fsp3) is 0. The topological polar surface area (TPSA) is 29.4 Å². The molecule has 0 aliphatic carbocycles. The molecule has 1 heterocycles. The predicted octanol–water partition coefficient (Wildman–Crippen LogP) is 4.40. The zero-order chi connectivity index (χ0) is 13.9. The van der Waals surface area contributed by atoms with Gasteiger partial charge < -0.3 is 0 Å². The second-order valence-electron chi connectivity index (χ2n) is 4.25. The third-order valence-electron chi connectivity index (χ3n) is 2.81. The lowest BCUT2D eigenvalue weighted by Gasteiger charge is -1.95. The van der Waals surface area contributed by atoms with Gasteiger partial charge in [-0.1, -0.05) is 54.1 Å². The highest BCUT2D eigenvalue weighted by Crippen LogP contribution is 2.28. The van der Waals surface area contributed by atoms with E-state index < -0.39 is 0 Å². The Kier molecular flexibility index (Phi) is 3.72. The number of hydrogen-bond acceptors (Lipinski definition) is 3. The minimum Gasteiger partial charge on any atom is -0.279 e. The molecular formula is C16H10ClNOS. The maximum atomic E-state index is 12.0. The summed E-state index contributed by atoms with van der Waals surface area (Å²) in [7, 11) is 0. The number of hydrogen-bond donors (Lipinski definition) is 0. The zero-order valence-electron chi connectivity index (χ0n) is 10.4. The van der Waals surface area contributed by atoms with Crippen LogP contribution >= 0.6 is 23.4 Å². The summed E-state index contributed by atoms with van der Waals surface area (Å²) in [6, 6.07) is 17.0. The van der Waals surface area contributed by atoms with Crippen LogP contribution in [-0.2, 0) is 4.79 Å². The molecule has 0 saturated heterocycles. The van der Waals surface area contributed by atoms with Crippen LogP contribution in [0, 0.1) is 0 Å². The molecule has 98 valence electrons. The van der Waals surface area contributed by atoms with Crippen LogP contribution in [-0.4, -0.2) is 10.2 Å². The van der Waals surface area contributed by atoms with Crippen molar-refractivity contribution in [1.29, 1.82) is 0 Å². The number of rotatable bonds is 2. The van der Waals surface area contributed by atoms with E-state index in [4.69, 9.17) is 11.6 Å². The van der Waals surface area contributed by atoms with Gasteiger partial charge in [0.25, 0.3) is 0 Å². The van der Waals surface area contributed by atoms with Gasteiger partial charge in [0.1, 0.15) is 10.7 Å². The summed E-state index contributed by atoms with van der Waals surface area (Å²) in [5.74, 6) is 0. The fourth-order valence-corrected chi connectivity index (χ4v) is 2.74. The number of aliphatic imine (C=N–C) groups is 1. The highest BCUT2D eigenvalue weighted by molar-refractivity contribution is 8.27. The van der Waals surface area contributed by atoms with Crippen molar-refractivity contribution < 1.29 is 4.79 Å². The van der Waals surface area contributed by atoms with Crippen LogP contribution in [0.2, 0.25) is 5.02 Å². The quantitative estimate of drug-likeness (QED) is 0.769. The summed E-state index contributed by atoms with van der Waals surface area (Å²) >= 11 is 7.01. The van der Waals surface area contributed by atoms with Gasteiger partial charge in [0.05, 0.1) is 0 Å². The number of halogens is 1. The van der Waals surface area contributed by atoms with E-state index in [1.165, 1.54) is 11.8 Å². The summed E-state index contributed by atoms with van der Waals surface area (Å²) in [6.45, 7) is 0. The molecule has 4 heteroatoms. The van der Waals surface area contributed by atoms with Crippen molar-refractivity contribution in [3.05, 3.63) is 76.4 Å². The van der Waals surface area contributed by atoms with Gasteiger partial charge in [-0.3, -0.25) is 4.79 Å². The Labute approximate surface area is 126 Å². The normalized spacial score (nSPS) is 16.6. The lowest BCUT2D eigenvalue weighted by atomic mass is 10.2. The van der Waals surface area contributed by atoms with Crippen molar-refractivity contribution in [3.63, 3.8) is 0 Å². The molecule has 1 aliphatic rings. The molecule has 0 fully saturated rings. The van der Waals surface area contributed by atoms with E-state index in [2.05, 4.69) is 4.99 Å². The fourth-order valence-electron chi connectivity index (χ4n) is 1.83. The third-order valence-corrected chi connectivity index (χ3v) is 3.98. The highest BCUT2D eigenvalue weighted by atomic mass is 35.5. The Morgan fingerprint density at radius 3 is 2.40 bits per heavy atom. The summed E-state index contributed by atoms with van der Waals surface area (Å²) < 4.78 is 0. The van der Waals surface area contributed by atoms with Gasteiger partial charge in [0.2, 0.25) is 5.12 Å². The zero-order valence-corrected chi connectivity index (χ0v) is 12.0. The Balaban J connectivity index is 1.92. The molecular weight excluding hydrogens is 290 g/mol. The van der Waals surface area contributed by atoms with Gasteiger partial charge >= 0.3 is 0 Å². The van der Waals surface area contributed by atoms with Crippen LogP contribution in [0.5, 0.6) is 0 Å². The van der Waals surface area contributed by atoms with Crippen LogP contribution in [0.15, 0.2) is 65.3 Å². The number of nitrogens with zero attached hydrogens (tertiary/aromatic N) is 1.